The zero-order valence-electron chi connectivity index (χ0n) is 16.3. The van der Waals surface area contributed by atoms with E-state index >= 15 is 0 Å². The van der Waals surface area contributed by atoms with E-state index in [1.807, 2.05) is 19.1 Å². The van der Waals surface area contributed by atoms with E-state index in [0.717, 1.165) is 10.0 Å². The highest BCUT2D eigenvalue weighted by molar-refractivity contribution is 9.10. The van der Waals surface area contributed by atoms with Gasteiger partial charge >= 0.3 is 16.1 Å². The van der Waals surface area contributed by atoms with Gasteiger partial charge in [-0.05, 0) is 61.0 Å². The molecule has 0 bridgehead atoms. The highest BCUT2D eigenvalue weighted by Crippen LogP contribution is 2.23. The monoisotopic (exact) mass is 497 g/mol. The summed E-state index contributed by atoms with van der Waals surface area (Å²) in [5.41, 5.74) is 2.42. The van der Waals surface area contributed by atoms with Crippen molar-refractivity contribution in [2.24, 2.45) is 4.99 Å². The highest BCUT2D eigenvalue weighted by atomic mass is 79.9. The minimum absolute atomic E-state index is 0.0763. The molecule has 0 aromatic heterocycles. The molecular weight excluding hydrogens is 482 g/mol. The summed E-state index contributed by atoms with van der Waals surface area (Å²) in [6.45, 7) is 1.87. The molecule has 6 nitrogen and oxygen atoms in total. The lowest BCUT2D eigenvalue weighted by atomic mass is 10.2. The highest BCUT2D eigenvalue weighted by Gasteiger charge is 2.24. The first kappa shape index (κ1) is 21.0. The Morgan fingerprint density at radius 1 is 1.00 bits per heavy atom. The Bertz CT molecular complexity index is 1310. The third-order valence-corrected chi connectivity index (χ3v) is 6.15. The third kappa shape index (κ3) is 4.92. The smallest absolute Gasteiger partial charge is 0.363 e. The molecule has 31 heavy (non-hydrogen) atoms. The summed E-state index contributed by atoms with van der Waals surface area (Å²) in [4.78, 5) is 16.5. The molecule has 8 heteroatoms. The minimum Gasteiger partial charge on any atom is -0.402 e. The number of esters is 1. The van der Waals surface area contributed by atoms with Crippen molar-refractivity contribution < 1.29 is 22.1 Å². The quantitative estimate of drug-likeness (QED) is 0.285. The average Bonchev–Trinajstić information content (AvgIpc) is 3.10. The molecule has 0 aliphatic carbocycles. The molecule has 0 N–H and O–H groups in total. The average molecular weight is 498 g/mol. The number of nitrogens with zero attached hydrogens (tertiary/aromatic N) is 1. The first-order valence-electron chi connectivity index (χ1n) is 9.20. The van der Waals surface area contributed by atoms with E-state index in [0.29, 0.717) is 11.1 Å². The van der Waals surface area contributed by atoms with Gasteiger partial charge in [0.05, 0.1) is 0 Å². The van der Waals surface area contributed by atoms with Gasteiger partial charge in [0.15, 0.2) is 5.70 Å². The predicted molar refractivity (Wildman–Crippen MR) is 120 cm³/mol. The third-order valence-electron chi connectivity index (χ3n) is 4.39. The maximum atomic E-state index is 12.4. The van der Waals surface area contributed by atoms with E-state index < -0.39 is 16.1 Å². The van der Waals surface area contributed by atoms with E-state index in [9.17, 15) is 13.2 Å². The van der Waals surface area contributed by atoms with Gasteiger partial charge < -0.3 is 8.92 Å². The molecule has 0 fully saturated rings. The molecule has 1 aliphatic rings. The lowest BCUT2D eigenvalue weighted by Crippen LogP contribution is -2.09. The van der Waals surface area contributed by atoms with Crippen molar-refractivity contribution >= 4 is 44.0 Å². The lowest BCUT2D eigenvalue weighted by molar-refractivity contribution is -0.129. The molecule has 0 amide bonds. The first-order valence-corrected chi connectivity index (χ1v) is 11.4. The molecule has 156 valence electrons. The van der Waals surface area contributed by atoms with Crippen LogP contribution < -0.4 is 4.18 Å². The Morgan fingerprint density at radius 2 is 1.71 bits per heavy atom. The number of ether oxygens (including phenoxy) is 1. The Morgan fingerprint density at radius 3 is 2.39 bits per heavy atom. The SMILES string of the molecule is Cc1ccc(S(=O)(=O)Oc2ccc(/C=C3\N=C(c4cccc(Br)c4)OC3=O)cc2)cc1. The molecule has 0 atom stereocenters. The van der Waals surface area contributed by atoms with Gasteiger partial charge in [0.25, 0.3) is 0 Å². The van der Waals surface area contributed by atoms with E-state index in [1.54, 1.807) is 42.5 Å². The number of carbonyl (C=O) groups is 1. The summed E-state index contributed by atoms with van der Waals surface area (Å²) in [7, 11) is -3.93. The molecule has 0 saturated carbocycles. The largest absolute Gasteiger partial charge is 0.402 e. The Labute approximate surface area is 188 Å². The number of aliphatic imine (C=N–C) groups is 1. The fraction of sp³-hybridized carbons (Fsp3) is 0.0435. The molecule has 4 rings (SSSR count). The van der Waals surface area contributed by atoms with Gasteiger partial charge in [-0.1, -0.05) is 51.8 Å². The molecule has 1 aliphatic heterocycles. The number of benzene rings is 3. The molecule has 0 unspecified atom stereocenters. The first-order chi connectivity index (χ1) is 14.8. The van der Waals surface area contributed by atoms with E-state index in [1.165, 1.54) is 24.3 Å². The Hall–Kier alpha value is -3.23. The van der Waals surface area contributed by atoms with Gasteiger partial charge in [0.1, 0.15) is 10.6 Å². The Kier molecular flexibility index (Phi) is 5.75. The van der Waals surface area contributed by atoms with Gasteiger partial charge in [0.2, 0.25) is 5.90 Å². The van der Waals surface area contributed by atoms with Crippen LogP contribution in [-0.4, -0.2) is 20.3 Å². The number of carbonyl (C=O) groups excluding carboxylic acids is 1. The zero-order valence-corrected chi connectivity index (χ0v) is 18.7. The molecule has 3 aromatic rings. The van der Waals surface area contributed by atoms with Crippen LogP contribution in [0.15, 0.2) is 92.9 Å². The van der Waals surface area contributed by atoms with Gasteiger partial charge in [-0.25, -0.2) is 9.79 Å². The second kappa shape index (κ2) is 8.49. The van der Waals surface area contributed by atoms with Crippen LogP contribution in [0.4, 0.5) is 0 Å². The number of hydrogen-bond acceptors (Lipinski definition) is 6. The van der Waals surface area contributed by atoms with Crippen molar-refractivity contribution in [2.45, 2.75) is 11.8 Å². The van der Waals surface area contributed by atoms with E-state index in [2.05, 4.69) is 20.9 Å². The second-order valence-corrected chi connectivity index (χ2v) is 9.23. The number of hydrogen-bond donors (Lipinski definition) is 0. The van der Waals surface area contributed by atoms with Gasteiger partial charge in [-0.2, -0.15) is 8.42 Å². The zero-order chi connectivity index (χ0) is 22.0. The van der Waals surface area contributed by atoms with E-state index in [-0.39, 0.29) is 22.2 Å². The second-order valence-electron chi connectivity index (χ2n) is 6.77. The fourth-order valence-corrected chi connectivity index (χ4v) is 4.14. The summed E-state index contributed by atoms with van der Waals surface area (Å²) in [6, 6.07) is 20.0. The Balaban J connectivity index is 1.52. The minimum atomic E-state index is -3.93. The van der Waals surface area contributed by atoms with Crippen molar-refractivity contribution in [1.82, 2.24) is 0 Å². The summed E-state index contributed by atoms with van der Waals surface area (Å²) in [6.07, 6.45) is 1.56. The van der Waals surface area contributed by atoms with Crippen molar-refractivity contribution in [3.05, 3.63) is 99.7 Å². The van der Waals surface area contributed by atoms with Gasteiger partial charge in [-0.3, -0.25) is 0 Å². The fourth-order valence-electron chi connectivity index (χ4n) is 2.81. The lowest BCUT2D eigenvalue weighted by Gasteiger charge is -2.07. The summed E-state index contributed by atoms with van der Waals surface area (Å²) in [5, 5.41) is 0. The van der Waals surface area contributed by atoms with Crippen LogP contribution in [0.2, 0.25) is 0 Å². The van der Waals surface area contributed by atoms with Crippen LogP contribution >= 0.6 is 15.9 Å². The summed E-state index contributed by atoms with van der Waals surface area (Å²) in [5.74, 6) is -0.172. The van der Waals surface area contributed by atoms with Gasteiger partial charge in [0, 0.05) is 10.0 Å². The maximum Gasteiger partial charge on any atom is 0.363 e. The van der Waals surface area contributed by atoms with Crippen LogP contribution in [0.25, 0.3) is 6.08 Å². The van der Waals surface area contributed by atoms with Crippen LogP contribution in [0.3, 0.4) is 0 Å². The van der Waals surface area contributed by atoms with Crippen LogP contribution in [0, 0.1) is 6.92 Å². The summed E-state index contributed by atoms with van der Waals surface area (Å²) >= 11 is 3.37. The standard InChI is InChI=1S/C23H16BrNO5S/c1-15-5-11-20(12-6-15)31(27,28)30-19-9-7-16(8-10-19)13-21-23(26)29-22(25-21)17-3-2-4-18(24)14-17/h2-14H,1H3/b21-13-. The molecule has 0 radical (unpaired) electrons. The predicted octanol–water partition coefficient (Wildman–Crippen LogP) is 4.87. The van der Waals surface area contributed by atoms with Crippen molar-refractivity contribution in [3.63, 3.8) is 0 Å². The molecule has 0 saturated heterocycles. The molecule has 0 spiro atoms. The van der Waals surface area contributed by atoms with Crippen LogP contribution in [-0.2, 0) is 19.6 Å². The number of rotatable bonds is 5. The van der Waals surface area contributed by atoms with E-state index in [4.69, 9.17) is 8.92 Å². The number of cyclic esters (lactones) is 1. The molecule has 1 heterocycles. The maximum absolute atomic E-state index is 12.4. The van der Waals surface area contributed by atoms with Crippen molar-refractivity contribution in [1.29, 1.82) is 0 Å². The molecular formula is C23H16BrNO5S. The van der Waals surface area contributed by atoms with Crippen molar-refractivity contribution in [3.8, 4) is 5.75 Å². The van der Waals surface area contributed by atoms with Crippen LogP contribution in [0.1, 0.15) is 16.7 Å². The summed E-state index contributed by atoms with van der Waals surface area (Å²) < 4.78 is 36.1. The van der Waals surface area contributed by atoms with Crippen molar-refractivity contribution in [2.75, 3.05) is 0 Å². The van der Waals surface area contributed by atoms with Gasteiger partial charge in [-0.15, -0.1) is 0 Å². The number of halogens is 1. The normalized spacial score (nSPS) is 15.0. The van der Waals surface area contributed by atoms with Crippen LogP contribution in [0.5, 0.6) is 5.75 Å². The molecule has 3 aromatic carbocycles. The number of aryl methyl sites for hydroxylation is 1. The topological polar surface area (TPSA) is 82.0 Å².